The summed E-state index contributed by atoms with van der Waals surface area (Å²) in [5, 5.41) is 8.12. The van der Waals surface area contributed by atoms with E-state index in [2.05, 4.69) is 15.3 Å². The lowest BCUT2D eigenvalue weighted by Gasteiger charge is -2.21. The van der Waals surface area contributed by atoms with Crippen molar-refractivity contribution < 1.29 is 18.5 Å². The fourth-order valence-corrected chi connectivity index (χ4v) is 3.74. The Bertz CT molecular complexity index is 1110. The fraction of sp³-hybridized carbons (Fsp3) is 0.238. The van der Waals surface area contributed by atoms with E-state index in [9.17, 15) is 9.18 Å². The standard InChI is InChI=1S/C21H18ClFN4O3/c1-12-24-20(30-25-12)19-10-16(26-29-2)11-27(19)21(28)14-5-3-13(4-6-14)17-8-7-15(23)9-18(17)22/h3-9,19H,10-11H2,1-2H3. The first kappa shape index (κ1) is 20.0. The van der Waals surface area contributed by atoms with Gasteiger partial charge in [-0.05, 0) is 42.8 Å². The van der Waals surface area contributed by atoms with E-state index in [1.807, 2.05) is 0 Å². The van der Waals surface area contributed by atoms with Crippen molar-refractivity contribution in [2.75, 3.05) is 13.7 Å². The zero-order valence-corrected chi connectivity index (χ0v) is 17.1. The lowest BCUT2D eigenvalue weighted by Crippen LogP contribution is -2.31. The molecule has 0 aliphatic carbocycles. The third-order valence-corrected chi connectivity index (χ3v) is 5.15. The molecule has 1 atom stereocenters. The van der Waals surface area contributed by atoms with Gasteiger partial charge in [-0.1, -0.05) is 34.0 Å². The van der Waals surface area contributed by atoms with E-state index >= 15 is 0 Å². The molecule has 0 saturated carbocycles. The Labute approximate surface area is 177 Å². The smallest absolute Gasteiger partial charge is 0.254 e. The van der Waals surface area contributed by atoms with Gasteiger partial charge in [-0.3, -0.25) is 4.79 Å². The van der Waals surface area contributed by atoms with Gasteiger partial charge in [0, 0.05) is 17.5 Å². The summed E-state index contributed by atoms with van der Waals surface area (Å²) < 4.78 is 18.6. The molecule has 4 rings (SSSR count). The Kier molecular flexibility index (Phi) is 5.50. The van der Waals surface area contributed by atoms with Crippen molar-refractivity contribution in [2.24, 2.45) is 5.16 Å². The molecule has 7 nitrogen and oxygen atoms in total. The Hall–Kier alpha value is -3.26. The van der Waals surface area contributed by atoms with E-state index in [-0.39, 0.29) is 5.91 Å². The van der Waals surface area contributed by atoms with Crippen molar-refractivity contribution in [3.05, 3.63) is 70.6 Å². The maximum atomic E-state index is 13.3. The highest BCUT2D eigenvalue weighted by Gasteiger charge is 2.38. The topological polar surface area (TPSA) is 80.8 Å². The molecule has 1 aliphatic rings. The number of halogens is 2. The van der Waals surface area contributed by atoms with Crippen molar-refractivity contribution in [1.29, 1.82) is 0 Å². The van der Waals surface area contributed by atoms with Gasteiger partial charge in [0.1, 0.15) is 19.0 Å². The second kappa shape index (κ2) is 8.23. The minimum atomic E-state index is -0.418. The number of hydrogen-bond donors (Lipinski definition) is 0. The van der Waals surface area contributed by atoms with E-state index in [4.69, 9.17) is 21.0 Å². The highest BCUT2D eigenvalue weighted by Crippen LogP contribution is 2.32. The number of hydrogen-bond acceptors (Lipinski definition) is 6. The number of rotatable bonds is 4. The summed E-state index contributed by atoms with van der Waals surface area (Å²) in [6.45, 7) is 2.02. The normalized spacial score (nSPS) is 17.5. The predicted molar refractivity (Wildman–Crippen MR) is 109 cm³/mol. The number of nitrogens with zero attached hydrogens (tertiary/aromatic N) is 4. The van der Waals surface area contributed by atoms with Crippen LogP contribution in [0.5, 0.6) is 0 Å². The minimum absolute atomic E-state index is 0.200. The van der Waals surface area contributed by atoms with Gasteiger partial charge >= 0.3 is 0 Å². The van der Waals surface area contributed by atoms with Gasteiger partial charge in [0.05, 0.1) is 17.3 Å². The van der Waals surface area contributed by atoms with Gasteiger partial charge in [-0.25, -0.2) is 4.39 Å². The maximum Gasteiger partial charge on any atom is 0.254 e. The van der Waals surface area contributed by atoms with Gasteiger partial charge in [0.2, 0.25) is 5.89 Å². The molecule has 0 radical (unpaired) electrons. The molecule has 1 saturated heterocycles. The second-order valence-corrected chi connectivity index (χ2v) is 7.28. The molecule has 1 fully saturated rings. The number of aromatic nitrogens is 2. The van der Waals surface area contributed by atoms with Crippen LogP contribution in [0.3, 0.4) is 0 Å². The van der Waals surface area contributed by atoms with Crippen molar-refractivity contribution in [2.45, 2.75) is 19.4 Å². The summed E-state index contributed by atoms with van der Waals surface area (Å²) in [7, 11) is 1.46. The number of likely N-dealkylation sites (tertiary alicyclic amines) is 1. The Morgan fingerprint density at radius 1 is 1.30 bits per heavy atom. The molecular formula is C21H18ClFN4O3. The van der Waals surface area contributed by atoms with E-state index in [1.165, 1.54) is 19.2 Å². The lowest BCUT2D eigenvalue weighted by molar-refractivity contribution is 0.0713. The van der Waals surface area contributed by atoms with Gasteiger partial charge in [-0.2, -0.15) is 4.98 Å². The number of carbonyl (C=O) groups is 1. The monoisotopic (exact) mass is 428 g/mol. The van der Waals surface area contributed by atoms with Gasteiger partial charge in [0.15, 0.2) is 5.82 Å². The molecule has 1 aromatic heterocycles. The van der Waals surface area contributed by atoms with Crippen molar-refractivity contribution >= 4 is 23.2 Å². The number of aryl methyl sites for hydroxylation is 1. The molecular weight excluding hydrogens is 411 g/mol. The van der Waals surface area contributed by atoms with Crippen LogP contribution in [0.1, 0.15) is 34.5 Å². The van der Waals surface area contributed by atoms with E-state index < -0.39 is 11.9 Å². The molecule has 1 aliphatic heterocycles. The highest BCUT2D eigenvalue weighted by molar-refractivity contribution is 6.33. The molecule has 0 N–H and O–H groups in total. The number of benzene rings is 2. The van der Waals surface area contributed by atoms with Crippen LogP contribution < -0.4 is 0 Å². The quantitative estimate of drug-likeness (QED) is 0.574. The average molecular weight is 429 g/mol. The van der Waals surface area contributed by atoms with Crippen LogP contribution in [0.4, 0.5) is 4.39 Å². The summed E-state index contributed by atoms with van der Waals surface area (Å²) in [5.41, 5.74) is 2.66. The first-order valence-corrected chi connectivity index (χ1v) is 9.59. The summed E-state index contributed by atoms with van der Waals surface area (Å²) in [5.74, 6) is 0.251. The largest absolute Gasteiger partial charge is 0.399 e. The summed E-state index contributed by atoms with van der Waals surface area (Å²) >= 11 is 6.14. The second-order valence-electron chi connectivity index (χ2n) is 6.87. The molecule has 3 aromatic rings. The van der Waals surface area contributed by atoms with Crippen LogP contribution in [-0.4, -0.2) is 40.3 Å². The fourth-order valence-electron chi connectivity index (χ4n) is 3.46. The molecule has 9 heteroatoms. The SMILES string of the molecule is CON=C1CC(c2nc(C)no2)N(C(=O)c2ccc(-c3ccc(F)cc3Cl)cc2)C1. The van der Waals surface area contributed by atoms with Gasteiger partial charge < -0.3 is 14.3 Å². The van der Waals surface area contributed by atoms with Crippen LogP contribution in [-0.2, 0) is 4.84 Å². The highest BCUT2D eigenvalue weighted by atomic mass is 35.5. The molecule has 2 heterocycles. The average Bonchev–Trinajstić information content (AvgIpc) is 3.34. The summed E-state index contributed by atoms with van der Waals surface area (Å²) in [4.78, 5) is 24.0. The van der Waals surface area contributed by atoms with E-state index in [0.29, 0.717) is 46.5 Å². The third-order valence-electron chi connectivity index (χ3n) is 4.84. The number of carbonyl (C=O) groups excluding carboxylic acids is 1. The molecule has 2 aromatic carbocycles. The van der Waals surface area contributed by atoms with E-state index in [0.717, 1.165) is 5.56 Å². The molecule has 0 spiro atoms. The third kappa shape index (κ3) is 3.91. The molecule has 1 unspecified atom stereocenters. The summed E-state index contributed by atoms with van der Waals surface area (Å²) in [6.07, 6.45) is 0.449. The predicted octanol–water partition coefficient (Wildman–Crippen LogP) is 4.43. The molecule has 30 heavy (non-hydrogen) atoms. The Morgan fingerprint density at radius 3 is 2.70 bits per heavy atom. The Balaban J connectivity index is 1.61. The lowest BCUT2D eigenvalue weighted by atomic mass is 10.0. The van der Waals surface area contributed by atoms with Crippen LogP contribution in [0.25, 0.3) is 11.1 Å². The molecule has 0 bridgehead atoms. The van der Waals surface area contributed by atoms with Crippen LogP contribution >= 0.6 is 11.6 Å². The van der Waals surface area contributed by atoms with Crippen molar-refractivity contribution in [3.8, 4) is 11.1 Å². The first-order chi connectivity index (χ1) is 14.5. The van der Waals surface area contributed by atoms with Crippen LogP contribution in [0.2, 0.25) is 5.02 Å². The Morgan fingerprint density at radius 2 is 2.07 bits per heavy atom. The van der Waals surface area contributed by atoms with Gasteiger partial charge in [-0.15, -0.1) is 0 Å². The first-order valence-electron chi connectivity index (χ1n) is 9.22. The number of oxime groups is 1. The maximum absolute atomic E-state index is 13.3. The zero-order valence-electron chi connectivity index (χ0n) is 16.3. The molecule has 154 valence electrons. The number of amides is 1. The van der Waals surface area contributed by atoms with Crippen molar-refractivity contribution in [1.82, 2.24) is 15.0 Å². The minimum Gasteiger partial charge on any atom is -0.399 e. The van der Waals surface area contributed by atoms with E-state index in [1.54, 1.807) is 42.2 Å². The van der Waals surface area contributed by atoms with Crippen molar-refractivity contribution in [3.63, 3.8) is 0 Å². The van der Waals surface area contributed by atoms with Crippen LogP contribution in [0.15, 0.2) is 52.1 Å². The zero-order chi connectivity index (χ0) is 21.3. The summed E-state index contributed by atoms with van der Waals surface area (Å²) in [6, 6.07) is 10.8. The van der Waals surface area contributed by atoms with Crippen LogP contribution in [0, 0.1) is 12.7 Å². The molecule has 1 amide bonds. The van der Waals surface area contributed by atoms with Gasteiger partial charge in [0.25, 0.3) is 5.91 Å².